The molecule has 0 spiro atoms. The third-order valence-corrected chi connectivity index (χ3v) is 9.27. The number of para-hydroxylation sites is 1. The third-order valence-electron chi connectivity index (χ3n) is 6.79. The molecule has 0 saturated heterocycles. The molecule has 0 saturated carbocycles. The summed E-state index contributed by atoms with van der Waals surface area (Å²) in [7, 11) is -4.39. The molecule has 3 aromatic rings. The van der Waals surface area contributed by atoms with E-state index in [1.165, 1.54) is 35.2 Å². The van der Waals surface area contributed by atoms with E-state index in [0.717, 1.165) is 15.9 Å². The molecule has 0 aliphatic heterocycles. The van der Waals surface area contributed by atoms with Crippen LogP contribution in [0.2, 0.25) is 10.0 Å². The van der Waals surface area contributed by atoms with Gasteiger partial charge in [-0.25, -0.2) is 12.8 Å². The van der Waals surface area contributed by atoms with Crippen molar-refractivity contribution in [1.82, 2.24) is 10.2 Å². The Morgan fingerprint density at radius 2 is 1.54 bits per heavy atom. The van der Waals surface area contributed by atoms with E-state index >= 15 is 4.39 Å². The zero-order chi connectivity index (χ0) is 30.3. The number of aryl methyl sites for hydroxylation is 1. The molecule has 0 aliphatic carbocycles. The fraction of sp³-hybridized carbons (Fsp3) is 0.333. The van der Waals surface area contributed by atoms with Gasteiger partial charge in [0.2, 0.25) is 11.8 Å². The summed E-state index contributed by atoms with van der Waals surface area (Å²) >= 11 is 12.8. The van der Waals surface area contributed by atoms with Crippen LogP contribution in [0.3, 0.4) is 0 Å². The monoisotopic (exact) mass is 621 g/mol. The number of sulfonamides is 1. The van der Waals surface area contributed by atoms with Crippen molar-refractivity contribution >= 4 is 50.7 Å². The molecule has 1 N–H and O–H groups in total. The van der Waals surface area contributed by atoms with Crippen LogP contribution < -0.4 is 9.62 Å². The molecular formula is C30H34Cl2FN3O4S. The van der Waals surface area contributed by atoms with Crippen LogP contribution in [0.15, 0.2) is 71.6 Å². The number of carbonyl (C=O) groups excluding carboxylic acids is 2. The predicted octanol–water partition coefficient (Wildman–Crippen LogP) is 6.36. The summed E-state index contributed by atoms with van der Waals surface area (Å²) in [5.41, 5.74) is 0.936. The highest BCUT2D eigenvalue weighted by molar-refractivity contribution is 7.92. The third kappa shape index (κ3) is 7.78. The number of rotatable bonds is 12. The van der Waals surface area contributed by atoms with Gasteiger partial charge in [-0.1, -0.05) is 72.9 Å². The molecule has 0 fully saturated rings. The maximum absolute atomic E-state index is 15.1. The van der Waals surface area contributed by atoms with Gasteiger partial charge in [0.1, 0.15) is 18.4 Å². The normalized spacial score (nSPS) is 12.9. The van der Waals surface area contributed by atoms with Crippen molar-refractivity contribution < 1.29 is 22.4 Å². The van der Waals surface area contributed by atoms with E-state index in [0.29, 0.717) is 12.0 Å². The molecule has 0 heterocycles. The van der Waals surface area contributed by atoms with Gasteiger partial charge in [-0.2, -0.15) is 0 Å². The van der Waals surface area contributed by atoms with E-state index in [2.05, 4.69) is 5.32 Å². The molecule has 0 bridgehead atoms. The van der Waals surface area contributed by atoms with Crippen LogP contribution >= 0.6 is 23.2 Å². The van der Waals surface area contributed by atoms with Gasteiger partial charge in [-0.15, -0.1) is 0 Å². The molecule has 0 aliphatic rings. The SMILES string of the molecule is CC[C@H](C(=O)N[C@@H](C)CC)N(Cc1c(Cl)cccc1Cl)C(=O)CN(c1ccccc1F)S(=O)(=O)c1ccc(C)cc1. The lowest BCUT2D eigenvalue weighted by Gasteiger charge is -2.34. The van der Waals surface area contributed by atoms with E-state index in [1.54, 1.807) is 37.3 Å². The highest BCUT2D eigenvalue weighted by atomic mass is 35.5. The van der Waals surface area contributed by atoms with Crippen molar-refractivity contribution in [3.63, 3.8) is 0 Å². The number of halogens is 3. The summed E-state index contributed by atoms with van der Waals surface area (Å²) in [6.45, 7) is 6.37. The average molecular weight is 623 g/mol. The molecule has 0 unspecified atom stereocenters. The Morgan fingerprint density at radius 3 is 2.10 bits per heavy atom. The first kappa shape index (κ1) is 32.4. The number of carbonyl (C=O) groups is 2. The van der Waals surface area contributed by atoms with Crippen molar-refractivity contribution in [1.29, 1.82) is 0 Å². The first-order valence-electron chi connectivity index (χ1n) is 13.3. The minimum atomic E-state index is -4.39. The van der Waals surface area contributed by atoms with Crippen LogP contribution in [0.4, 0.5) is 10.1 Å². The van der Waals surface area contributed by atoms with Gasteiger partial charge < -0.3 is 10.2 Å². The van der Waals surface area contributed by atoms with Crippen LogP contribution in [0.25, 0.3) is 0 Å². The molecule has 11 heteroatoms. The Hall–Kier alpha value is -3.14. The molecule has 2 amide bonds. The maximum Gasteiger partial charge on any atom is 0.264 e. The Balaban J connectivity index is 2.11. The topological polar surface area (TPSA) is 86.8 Å². The lowest BCUT2D eigenvalue weighted by molar-refractivity contribution is -0.140. The molecular weight excluding hydrogens is 588 g/mol. The average Bonchev–Trinajstić information content (AvgIpc) is 2.93. The summed E-state index contributed by atoms with van der Waals surface area (Å²) in [4.78, 5) is 28.6. The Labute approximate surface area is 251 Å². The van der Waals surface area contributed by atoms with Gasteiger partial charge in [0.15, 0.2) is 0 Å². The summed E-state index contributed by atoms with van der Waals surface area (Å²) in [6.07, 6.45) is 0.892. The summed E-state index contributed by atoms with van der Waals surface area (Å²) in [5, 5.41) is 3.46. The van der Waals surface area contributed by atoms with E-state index < -0.39 is 40.2 Å². The second-order valence-electron chi connectivity index (χ2n) is 9.74. The predicted molar refractivity (Wildman–Crippen MR) is 161 cm³/mol. The van der Waals surface area contributed by atoms with Crippen LogP contribution in [0.5, 0.6) is 0 Å². The largest absolute Gasteiger partial charge is 0.352 e. The van der Waals surface area contributed by atoms with Crippen LogP contribution in [0.1, 0.15) is 44.7 Å². The lowest BCUT2D eigenvalue weighted by Crippen LogP contribution is -2.53. The standard InChI is InChI=1S/C30H34Cl2FN3O4S/c1-5-21(4)34-30(38)27(6-2)35(18-23-24(31)10-9-11-25(23)32)29(37)19-36(28-13-8-7-12-26(28)33)41(39,40)22-16-14-20(3)15-17-22/h7-17,21,27H,5-6,18-19H2,1-4H3,(H,34,38)/t21-,27+/m0/s1. The molecule has 3 aromatic carbocycles. The summed E-state index contributed by atoms with van der Waals surface area (Å²) in [6, 6.07) is 15.1. The van der Waals surface area contributed by atoms with E-state index in [-0.39, 0.29) is 39.6 Å². The summed E-state index contributed by atoms with van der Waals surface area (Å²) in [5.74, 6) is -1.96. The van der Waals surface area contributed by atoms with Crippen molar-refractivity contribution in [2.75, 3.05) is 10.8 Å². The number of amides is 2. The van der Waals surface area contributed by atoms with Gasteiger partial charge in [-0.3, -0.25) is 13.9 Å². The number of nitrogens with one attached hydrogen (secondary N) is 1. The molecule has 3 rings (SSSR count). The second kappa shape index (κ2) is 14.2. The lowest BCUT2D eigenvalue weighted by atomic mass is 10.1. The maximum atomic E-state index is 15.1. The van der Waals surface area contributed by atoms with E-state index in [4.69, 9.17) is 23.2 Å². The Morgan fingerprint density at radius 1 is 0.927 bits per heavy atom. The summed E-state index contributed by atoms with van der Waals surface area (Å²) < 4.78 is 43.5. The highest BCUT2D eigenvalue weighted by Crippen LogP contribution is 2.29. The quantitative estimate of drug-likeness (QED) is 0.255. The fourth-order valence-electron chi connectivity index (χ4n) is 4.22. The molecule has 41 heavy (non-hydrogen) atoms. The minimum Gasteiger partial charge on any atom is -0.352 e. The number of benzene rings is 3. The van der Waals surface area contributed by atoms with Crippen molar-refractivity contribution in [3.8, 4) is 0 Å². The molecule has 220 valence electrons. The number of hydrogen-bond acceptors (Lipinski definition) is 4. The van der Waals surface area contributed by atoms with Gasteiger partial charge in [0, 0.05) is 28.2 Å². The smallest absolute Gasteiger partial charge is 0.264 e. The minimum absolute atomic E-state index is 0.110. The first-order valence-corrected chi connectivity index (χ1v) is 15.5. The van der Waals surface area contributed by atoms with Gasteiger partial charge >= 0.3 is 0 Å². The van der Waals surface area contributed by atoms with Crippen molar-refractivity contribution in [2.24, 2.45) is 0 Å². The van der Waals surface area contributed by atoms with Gasteiger partial charge in [0.25, 0.3) is 10.0 Å². The Kier molecular flexibility index (Phi) is 11.2. The fourth-order valence-corrected chi connectivity index (χ4v) is 6.16. The molecule has 2 atom stereocenters. The molecule has 0 radical (unpaired) electrons. The van der Waals surface area contributed by atoms with Crippen molar-refractivity contribution in [3.05, 3.63) is 93.7 Å². The van der Waals surface area contributed by atoms with Crippen LogP contribution in [-0.4, -0.2) is 43.8 Å². The highest BCUT2D eigenvalue weighted by Gasteiger charge is 2.35. The molecule has 7 nitrogen and oxygen atoms in total. The van der Waals surface area contributed by atoms with Crippen molar-refractivity contribution in [2.45, 2.75) is 64.1 Å². The zero-order valence-electron chi connectivity index (χ0n) is 23.4. The second-order valence-corrected chi connectivity index (χ2v) is 12.4. The Bertz CT molecular complexity index is 1470. The van der Waals surface area contributed by atoms with Gasteiger partial charge in [0.05, 0.1) is 10.6 Å². The molecule has 0 aromatic heterocycles. The van der Waals surface area contributed by atoms with Gasteiger partial charge in [-0.05, 0) is 63.1 Å². The van der Waals surface area contributed by atoms with E-state index in [9.17, 15) is 18.0 Å². The number of nitrogens with zero attached hydrogens (tertiary/aromatic N) is 2. The van der Waals surface area contributed by atoms with Crippen LogP contribution in [-0.2, 0) is 26.2 Å². The number of anilines is 1. The zero-order valence-corrected chi connectivity index (χ0v) is 25.7. The first-order chi connectivity index (χ1) is 19.4. The van der Waals surface area contributed by atoms with Crippen LogP contribution in [0, 0.1) is 12.7 Å². The van der Waals surface area contributed by atoms with E-state index in [1.807, 2.05) is 20.8 Å². The number of hydrogen-bond donors (Lipinski definition) is 1.